The second kappa shape index (κ2) is 7.22. The van der Waals surface area contributed by atoms with Gasteiger partial charge in [-0.05, 0) is 54.9 Å². The first kappa shape index (κ1) is 16.2. The molecule has 0 bridgehead atoms. The van der Waals surface area contributed by atoms with Crippen LogP contribution in [0.5, 0.6) is 0 Å². The summed E-state index contributed by atoms with van der Waals surface area (Å²) in [5.41, 5.74) is 0.595. The van der Waals surface area contributed by atoms with Crippen LogP contribution < -0.4 is 10.6 Å². The van der Waals surface area contributed by atoms with Crippen molar-refractivity contribution in [3.63, 3.8) is 0 Å². The van der Waals surface area contributed by atoms with Crippen molar-refractivity contribution in [2.45, 2.75) is 26.3 Å². The molecule has 116 valence electrons. The molecular formula is C15H23BrN4O. The van der Waals surface area contributed by atoms with E-state index in [9.17, 15) is 4.79 Å². The maximum absolute atomic E-state index is 12.6. The Hall–Kier alpha value is -1.14. The van der Waals surface area contributed by atoms with Crippen molar-refractivity contribution in [2.75, 3.05) is 32.0 Å². The molecule has 5 nitrogen and oxygen atoms in total. The highest BCUT2D eigenvalue weighted by molar-refractivity contribution is 9.10. The molecule has 2 N–H and O–H groups in total. The third kappa shape index (κ3) is 4.17. The van der Waals surface area contributed by atoms with E-state index in [2.05, 4.69) is 50.4 Å². The van der Waals surface area contributed by atoms with Gasteiger partial charge in [0, 0.05) is 29.8 Å². The first-order valence-corrected chi connectivity index (χ1v) is 8.19. The monoisotopic (exact) mass is 354 g/mol. The van der Waals surface area contributed by atoms with Crippen LogP contribution in [0.4, 0.5) is 5.82 Å². The summed E-state index contributed by atoms with van der Waals surface area (Å²) in [6.45, 7) is 6.95. The van der Waals surface area contributed by atoms with Crippen molar-refractivity contribution in [1.82, 2.24) is 15.2 Å². The minimum Gasteiger partial charge on any atom is -0.370 e. The number of halogens is 1. The molecule has 1 aromatic heterocycles. The number of amides is 1. The van der Waals surface area contributed by atoms with Gasteiger partial charge < -0.3 is 15.5 Å². The molecule has 2 atom stereocenters. The summed E-state index contributed by atoms with van der Waals surface area (Å²) in [5.74, 6) is 1.04. The lowest BCUT2D eigenvalue weighted by molar-refractivity contribution is 0.0884. The lowest BCUT2D eigenvalue weighted by Gasteiger charge is -2.35. The molecule has 2 heterocycles. The Kier molecular flexibility index (Phi) is 5.58. The molecule has 0 radical (unpaired) electrons. The second-order valence-electron chi connectivity index (χ2n) is 5.69. The van der Waals surface area contributed by atoms with Crippen molar-refractivity contribution in [3.05, 3.63) is 22.3 Å². The number of carbonyl (C=O) groups excluding carboxylic acids is 1. The average molecular weight is 355 g/mol. The number of piperidine rings is 1. The van der Waals surface area contributed by atoms with Gasteiger partial charge in [0.15, 0.2) is 0 Å². The third-order valence-electron chi connectivity index (χ3n) is 3.87. The molecule has 1 aromatic rings. The van der Waals surface area contributed by atoms with E-state index < -0.39 is 0 Å². The van der Waals surface area contributed by atoms with E-state index in [0.717, 1.165) is 30.5 Å². The van der Waals surface area contributed by atoms with Gasteiger partial charge in [0.25, 0.3) is 5.91 Å². The van der Waals surface area contributed by atoms with E-state index in [-0.39, 0.29) is 11.9 Å². The highest BCUT2D eigenvalue weighted by Crippen LogP contribution is 2.20. The van der Waals surface area contributed by atoms with Gasteiger partial charge in [0.2, 0.25) is 0 Å². The van der Waals surface area contributed by atoms with Crippen molar-refractivity contribution in [2.24, 2.45) is 5.92 Å². The SMILES string of the molecule is CCNc1ncc(Br)cc1C(=O)NC1CCN(C)CC1C. The van der Waals surface area contributed by atoms with Crippen LogP contribution >= 0.6 is 15.9 Å². The Balaban J connectivity index is 2.11. The van der Waals surface area contributed by atoms with Gasteiger partial charge >= 0.3 is 0 Å². The molecular weight excluding hydrogens is 332 g/mol. The predicted molar refractivity (Wildman–Crippen MR) is 88.6 cm³/mol. The van der Waals surface area contributed by atoms with E-state index in [4.69, 9.17) is 0 Å². The number of carbonyl (C=O) groups is 1. The molecule has 2 unspecified atom stereocenters. The van der Waals surface area contributed by atoms with Crippen LogP contribution in [0.2, 0.25) is 0 Å². The molecule has 6 heteroatoms. The van der Waals surface area contributed by atoms with Gasteiger partial charge in [-0.15, -0.1) is 0 Å². The van der Waals surface area contributed by atoms with Crippen LogP contribution in [0.15, 0.2) is 16.7 Å². The van der Waals surface area contributed by atoms with Crippen LogP contribution in [0.1, 0.15) is 30.6 Å². The molecule has 21 heavy (non-hydrogen) atoms. The third-order valence-corrected chi connectivity index (χ3v) is 4.30. The van der Waals surface area contributed by atoms with Crippen molar-refractivity contribution in [1.29, 1.82) is 0 Å². The van der Waals surface area contributed by atoms with Crippen LogP contribution in [0, 0.1) is 5.92 Å². The predicted octanol–water partition coefficient (Wildman–Crippen LogP) is 2.35. The number of anilines is 1. The van der Waals surface area contributed by atoms with Crippen LogP contribution in [-0.4, -0.2) is 48.5 Å². The zero-order valence-corrected chi connectivity index (χ0v) is 14.4. The molecule has 0 aromatic carbocycles. The Bertz CT molecular complexity index is 508. The molecule has 1 aliphatic rings. The molecule has 1 fully saturated rings. The smallest absolute Gasteiger partial charge is 0.255 e. The Morgan fingerprint density at radius 3 is 3.00 bits per heavy atom. The van der Waals surface area contributed by atoms with E-state index in [0.29, 0.717) is 17.3 Å². The summed E-state index contributed by atoms with van der Waals surface area (Å²) in [6, 6.07) is 2.04. The number of likely N-dealkylation sites (tertiary alicyclic amines) is 1. The molecule has 1 saturated heterocycles. The fourth-order valence-electron chi connectivity index (χ4n) is 2.74. The normalized spacial score (nSPS) is 22.9. The van der Waals surface area contributed by atoms with Gasteiger partial charge in [-0.3, -0.25) is 4.79 Å². The lowest BCUT2D eigenvalue weighted by atomic mass is 9.94. The fraction of sp³-hybridized carbons (Fsp3) is 0.600. The molecule has 2 rings (SSSR count). The average Bonchev–Trinajstić information content (AvgIpc) is 2.44. The quantitative estimate of drug-likeness (QED) is 0.871. The maximum atomic E-state index is 12.6. The minimum absolute atomic E-state index is 0.0545. The fourth-order valence-corrected chi connectivity index (χ4v) is 3.07. The largest absolute Gasteiger partial charge is 0.370 e. The molecule has 0 aliphatic carbocycles. The van der Waals surface area contributed by atoms with Gasteiger partial charge in [0.05, 0.1) is 5.56 Å². The topological polar surface area (TPSA) is 57.3 Å². The van der Waals surface area contributed by atoms with Gasteiger partial charge in [-0.1, -0.05) is 6.92 Å². The number of hydrogen-bond donors (Lipinski definition) is 2. The first-order valence-electron chi connectivity index (χ1n) is 7.40. The van der Waals surface area contributed by atoms with Crippen LogP contribution in [-0.2, 0) is 0 Å². The second-order valence-corrected chi connectivity index (χ2v) is 6.60. The van der Waals surface area contributed by atoms with E-state index in [1.807, 2.05) is 13.0 Å². The number of nitrogens with zero attached hydrogens (tertiary/aromatic N) is 2. The molecule has 1 aliphatic heterocycles. The zero-order chi connectivity index (χ0) is 15.4. The highest BCUT2D eigenvalue weighted by Gasteiger charge is 2.26. The maximum Gasteiger partial charge on any atom is 0.255 e. The first-order chi connectivity index (χ1) is 10.0. The number of nitrogens with one attached hydrogen (secondary N) is 2. The number of pyridine rings is 1. The van der Waals surface area contributed by atoms with E-state index in [1.165, 1.54) is 0 Å². The number of aromatic nitrogens is 1. The highest BCUT2D eigenvalue weighted by atomic mass is 79.9. The van der Waals surface area contributed by atoms with Crippen LogP contribution in [0.25, 0.3) is 0 Å². The van der Waals surface area contributed by atoms with E-state index >= 15 is 0 Å². The van der Waals surface area contributed by atoms with Crippen LogP contribution in [0.3, 0.4) is 0 Å². The molecule has 1 amide bonds. The summed E-state index contributed by atoms with van der Waals surface area (Å²) >= 11 is 3.38. The van der Waals surface area contributed by atoms with Gasteiger partial charge in [0.1, 0.15) is 5.82 Å². The Labute approximate surface area is 134 Å². The van der Waals surface area contributed by atoms with Gasteiger partial charge in [-0.25, -0.2) is 4.98 Å². The van der Waals surface area contributed by atoms with Gasteiger partial charge in [-0.2, -0.15) is 0 Å². The summed E-state index contributed by atoms with van der Waals surface area (Å²) in [5, 5.41) is 6.30. The minimum atomic E-state index is -0.0545. The Morgan fingerprint density at radius 1 is 1.57 bits per heavy atom. The van der Waals surface area contributed by atoms with Crippen molar-refractivity contribution in [3.8, 4) is 0 Å². The summed E-state index contributed by atoms with van der Waals surface area (Å²) in [6.07, 6.45) is 2.69. The number of hydrogen-bond acceptors (Lipinski definition) is 4. The summed E-state index contributed by atoms with van der Waals surface area (Å²) in [4.78, 5) is 19.2. The molecule has 0 saturated carbocycles. The molecule has 0 spiro atoms. The number of rotatable bonds is 4. The van der Waals surface area contributed by atoms with Crippen molar-refractivity contribution < 1.29 is 4.79 Å². The lowest BCUT2D eigenvalue weighted by Crippen LogP contribution is -2.49. The standard InChI is InChI=1S/C15H23BrN4O/c1-4-17-14-12(7-11(16)8-18-14)15(21)19-13-5-6-20(3)9-10(13)2/h7-8,10,13H,4-6,9H2,1-3H3,(H,17,18)(H,19,21). The summed E-state index contributed by atoms with van der Waals surface area (Å²) < 4.78 is 0.811. The van der Waals surface area contributed by atoms with E-state index in [1.54, 1.807) is 6.20 Å². The van der Waals surface area contributed by atoms with Crippen molar-refractivity contribution >= 4 is 27.7 Å². The Morgan fingerprint density at radius 2 is 2.33 bits per heavy atom. The zero-order valence-electron chi connectivity index (χ0n) is 12.8. The summed E-state index contributed by atoms with van der Waals surface area (Å²) in [7, 11) is 2.12.